The second-order valence-corrected chi connectivity index (χ2v) is 10.4. The normalized spacial score (nSPS) is 16.1. The number of fused-ring (bicyclic) bond motifs is 1. The smallest absolute Gasteiger partial charge is 0.254 e. The number of carbonyl (C=O) groups is 2. The van der Waals surface area contributed by atoms with Crippen LogP contribution in [0, 0.1) is 5.82 Å². The summed E-state index contributed by atoms with van der Waals surface area (Å²) in [4.78, 5) is 26.9. The van der Waals surface area contributed by atoms with Gasteiger partial charge in [-0.3, -0.25) is 9.59 Å². The van der Waals surface area contributed by atoms with Crippen molar-refractivity contribution in [1.29, 1.82) is 0 Å². The van der Waals surface area contributed by atoms with Crippen LogP contribution >= 0.6 is 0 Å². The molecule has 30 heavy (non-hydrogen) atoms. The van der Waals surface area contributed by atoms with Crippen molar-refractivity contribution in [3.05, 3.63) is 59.4 Å². The van der Waals surface area contributed by atoms with Gasteiger partial charge in [0.25, 0.3) is 5.91 Å². The van der Waals surface area contributed by atoms with Crippen LogP contribution in [0.25, 0.3) is 11.1 Å². The van der Waals surface area contributed by atoms with Crippen LogP contribution < -0.4 is 0 Å². The molecule has 0 radical (unpaired) electrons. The molecule has 1 amide bonds. The molecule has 0 saturated heterocycles. The van der Waals surface area contributed by atoms with Crippen molar-refractivity contribution in [2.24, 2.45) is 0 Å². The second-order valence-electron chi connectivity index (χ2n) is 7.92. The Balaban J connectivity index is 1.81. The van der Waals surface area contributed by atoms with Gasteiger partial charge in [0.05, 0.1) is 0 Å². The summed E-state index contributed by atoms with van der Waals surface area (Å²) in [5.74, 6) is -0.859. The molecule has 2 aromatic rings. The van der Waals surface area contributed by atoms with Crippen LogP contribution in [0.15, 0.2) is 42.5 Å². The van der Waals surface area contributed by atoms with E-state index in [2.05, 4.69) is 0 Å². The molecular weight excluding hydrogens is 405 g/mol. The third kappa shape index (κ3) is 4.03. The number of sulfone groups is 1. The predicted molar refractivity (Wildman–Crippen MR) is 115 cm³/mol. The van der Waals surface area contributed by atoms with Gasteiger partial charge in [-0.25, -0.2) is 12.8 Å². The van der Waals surface area contributed by atoms with Gasteiger partial charge in [0.2, 0.25) is 0 Å². The van der Waals surface area contributed by atoms with Gasteiger partial charge in [0, 0.05) is 36.9 Å². The Kier molecular flexibility index (Phi) is 6.13. The fourth-order valence-corrected chi connectivity index (χ4v) is 4.89. The lowest BCUT2D eigenvalue weighted by Gasteiger charge is -2.33. The molecule has 5 nitrogen and oxygen atoms in total. The standard InChI is InChI=1S/C23H26FNO4S/c1-4-21(26)23(2,30(3,28)29)12-14-25-13-11-17-15-16(9-10-19(17)22(25)27)18-7-5-6-8-20(18)24/h5-10,15H,4,11-14H2,1-3H3/t23-/m1/s1. The van der Waals surface area contributed by atoms with E-state index in [0.29, 0.717) is 29.7 Å². The van der Waals surface area contributed by atoms with E-state index in [1.165, 1.54) is 13.0 Å². The first-order chi connectivity index (χ1) is 14.1. The fraction of sp³-hybridized carbons (Fsp3) is 0.391. The van der Waals surface area contributed by atoms with Gasteiger partial charge in [-0.15, -0.1) is 0 Å². The van der Waals surface area contributed by atoms with Crippen LogP contribution in [0.5, 0.6) is 0 Å². The van der Waals surface area contributed by atoms with E-state index < -0.39 is 14.6 Å². The summed E-state index contributed by atoms with van der Waals surface area (Å²) in [6, 6.07) is 11.7. The van der Waals surface area contributed by atoms with Crippen LogP contribution in [-0.2, 0) is 21.1 Å². The maximum atomic E-state index is 14.1. The van der Waals surface area contributed by atoms with Crippen LogP contribution in [0.1, 0.15) is 42.6 Å². The van der Waals surface area contributed by atoms with Crippen LogP contribution in [-0.4, -0.2) is 49.1 Å². The van der Waals surface area contributed by atoms with E-state index in [-0.39, 0.29) is 36.9 Å². The monoisotopic (exact) mass is 431 g/mol. The molecule has 3 rings (SSSR count). The summed E-state index contributed by atoms with van der Waals surface area (Å²) >= 11 is 0. The van der Waals surface area contributed by atoms with E-state index in [4.69, 9.17) is 0 Å². The predicted octanol–water partition coefficient (Wildman–Crippen LogP) is 3.66. The molecule has 0 aromatic heterocycles. The van der Waals surface area contributed by atoms with Crippen molar-refractivity contribution < 1.29 is 22.4 Å². The molecule has 0 saturated carbocycles. The Bertz CT molecular complexity index is 1100. The van der Waals surface area contributed by atoms with E-state index in [1.807, 2.05) is 6.07 Å². The number of Topliss-reactive ketones (excluding diaryl/α,β-unsaturated/α-hetero) is 1. The molecule has 1 atom stereocenters. The highest BCUT2D eigenvalue weighted by Gasteiger charge is 2.42. The number of amides is 1. The number of benzene rings is 2. The van der Waals surface area contributed by atoms with Crippen LogP contribution in [0.4, 0.5) is 4.39 Å². The Morgan fingerprint density at radius 3 is 2.50 bits per heavy atom. The number of carbonyl (C=O) groups excluding carboxylic acids is 2. The van der Waals surface area contributed by atoms with Gasteiger partial charge in [-0.05, 0) is 43.0 Å². The minimum atomic E-state index is -3.62. The maximum Gasteiger partial charge on any atom is 0.254 e. The molecule has 1 aliphatic heterocycles. The topological polar surface area (TPSA) is 71.5 Å². The number of halogens is 1. The number of ketones is 1. The molecule has 0 unspecified atom stereocenters. The van der Waals surface area contributed by atoms with E-state index in [1.54, 1.807) is 42.2 Å². The molecule has 0 N–H and O–H groups in total. The third-order valence-corrected chi connectivity index (χ3v) is 8.12. The van der Waals surface area contributed by atoms with Gasteiger partial charge < -0.3 is 4.90 Å². The molecule has 0 bridgehead atoms. The molecular formula is C23H26FNO4S. The lowest BCUT2D eigenvalue weighted by atomic mass is 9.93. The average Bonchev–Trinajstić information content (AvgIpc) is 2.71. The Morgan fingerprint density at radius 1 is 1.17 bits per heavy atom. The Morgan fingerprint density at radius 2 is 1.87 bits per heavy atom. The first kappa shape index (κ1) is 22.2. The SMILES string of the molecule is CCC(=O)[C@@](C)(CCN1CCc2cc(-c3ccccc3F)ccc2C1=O)S(C)(=O)=O. The lowest BCUT2D eigenvalue weighted by Crippen LogP contribution is -2.47. The first-order valence-electron chi connectivity index (χ1n) is 9.98. The highest BCUT2D eigenvalue weighted by molar-refractivity contribution is 7.92. The highest BCUT2D eigenvalue weighted by atomic mass is 32.2. The molecule has 0 fully saturated rings. The molecule has 1 aliphatic rings. The maximum absolute atomic E-state index is 14.1. The van der Waals surface area contributed by atoms with Gasteiger partial charge in [0.1, 0.15) is 10.6 Å². The van der Waals surface area contributed by atoms with Gasteiger partial charge in [-0.2, -0.15) is 0 Å². The number of hydrogen-bond acceptors (Lipinski definition) is 4. The minimum absolute atomic E-state index is 0.0624. The van der Waals surface area contributed by atoms with E-state index >= 15 is 0 Å². The summed E-state index contributed by atoms with van der Waals surface area (Å²) < 4.78 is 37.1. The second kappa shape index (κ2) is 8.30. The van der Waals surface area contributed by atoms with Crippen molar-refractivity contribution in [2.75, 3.05) is 19.3 Å². The molecule has 0 spiro atoms. The lowest BCUT2D eigenvalue weighted by molar-refractivity contribution is -0.121. The van der Waals surface area contributed by atoms with Crippen LogP contribution in [0.2, 0.25) is 0 Å². The Labute approximate surface area is 176 Å². The largest absolute Gasteiger partial charge is 0.338 e. The minimum Gasteiger partial charge on any atom is -0.338 e. The molecule has 160 valence electrons. The van der Waals surface area contributed by atoms with Crippen molar-refractivity contribution in [1.82, 2.24) is 4.90 Å². The fourth-order valence-electron chi connectivity index (χ4n) is 3.87. The summed E-state index contributed by atoms with van der Waals surface area (Å²) in [5.41, 5.74) is 2.57. The summed E-state index contributed by atoms with van der Waals surface area (Å²) in [6.45, 7) is 3.69. The zero-order valence-corrected chi connectivity index (χ0v) is 18.3. The number of hydrogen-bond donors (Lipinski definition) is 0. The Hall–Kier alpha value is -2.54. The van der Waals surface area contributed by atoms with Crippen molar-refractivity contribution in [3.8, 4) is 11.1 Å². The quantitative estimate of drug-likeness (QED) is 0.671. The van der Waals surface area contributed by atoms with Gasteiger partial charge in [0.15, 0.2) is 15.6 Å². The number of nitrogens with zero attached hydrogens (tertiary/aromatic N) is 1. The third-order valence-electron chi connectivity index (χ3n) is 6.05. The van der Waals surface area contributed by atoms with Gasteiger partial charge in [-0.1, -0.05) is 37.3 Å². The average molecular weight is 432 g/mol. The zero-order chi connectivity index (χ0) is 22.1. The number of rotatable bonds is 7. The molecule has 1 heterocycles. The van der Waals surface area contributed by atoms with Crippen molar-refractivity contribution in [2.45, 2.75) is 37.9 Å². The van der Waals surface area contributed by atoms with E-state index in [9.17, 15) is 22.4 Å². The highest BCUT2D eigenvalue weighted by Crippen LogP contribution is 2.29. The first-order valence-corrected chi connectivity index (χ1v) is 11.9. The summed E-state index contributed by atoms with van der Waals surface area (Å²) in [7, 11) is -3.62. The summed E-state index contributed by atoms with van der Waals surface area (Å²) in [5, 5.41) is 0. The summed E-state index contributed by atoms with van der Waals surface area (Å²) in [6.07, 6.45) is 1.84. The van der Waals surface area contributed by atoms with Crippen LogP contribution in [0.3, 0.4) is 0 Å². The zero-order valence-electron chi connectivity index (χ0n) is 17.4. The molecule has 2 aromatic carbocycles. The van der Waals surface area contributed by atoms with Crippen molar-refractivity contribution in [3.63, 3.8) is 0 Å². The van der Waals surface area contributed by atoms with Crippen molar-refractivity contribution >= 4 is 21.5 Å². The van der Waals surface area contributed by atoms with E-state index in [0.717, 1.165) is 11.8 Å². The molecule has 0 aliphatic carbocycles. The molecule has 7 heteroatoms. The van der Waals surface area contributed by atoms with Gasteiger partial charge >= 0.3 is 0 Å².